The third-order valence-electron chi connectivity index (χ3n) is 3.81. The van der Waals surface area contributed by atoms with Gasteiger partial charge in [0.25, 0.3) is 5.56 Å². The molecule has 0 amide bonds. The Hall–Kier alpha value is -2.65. The molecule has 0 radical (unpaired) electrons. The minimum Gasteiger partial charge on any atom is -0.465 e. The molecule has 1 N–H and O–H groups in total. The molecule has 1 atom stereocenters. The Bertz CT molecular complexity index is 1040. The molecule has 0 aliphatic rings. The van der Waals surface area contributed by atoms with Gasteiger partial charge in [-0.15, -0.1) is 0 Å². The molecule has 27 heavy (non-hydrogen) atoms. The van der Waals surface area contributed by atoms with E-state index in [4.69, 9.17) is 9.26 Å². The van der Waals surface area contributed by atoms with Crippen molar-refractivity contribution in [3.63, 3.8) is 0 Å². The zero-order valence-corrected chi connectivity index (χ0v) is 15.9. The number of rotatable bonds is 6. The number of carbonyl (C=O) groups excluding carboxylic acids is 1. The lowest BCUT2D eigenvalue weighted by Gasteiger charge is -2.14. The quantitative estimate of drug-likeness (QED) is 0.388. The summed E-state index contributed by atoms with van der Waals surface area (Å²) in [5, 5.41) is 14.5. The number of aryl methyl sites for hydroxylation is 1. The molecule has 2 heterocycles. The summed E-state index contributed by atoms with van der Waals surface area (Å²) in [7, 11) is 1.29. The normalized spacial score (nSPS) is 12.3. The van der Waals surface area contributed by atoms with Gasteiger partial charge in [0, 0.05) is 11.8 Å². The highest BCUT2D eigenvalue weighted by Gasteiger charge is 2.16. The van der Waals surface area contributed by atoms with Crippen molar-refractivity contribution >= 4 is 28.6 Å². The summed E-state index contributed by atoms with van der Waals surface area (Å²) in [5.41, 5.74) is 1.15. The first-order valence-electron chi connectivity index (χ1n) is 8.25. The Morgan fingerprint density at radius 3 is 2.81 bits per heavy atom. The lowest BCUT2D eigenvalue weighted by atomic mass is 10.1. The smallest absolute Gasteiger partial charge is 0.337 e. The molecule has 0 fully saturated rings. The first-order chi connectivity index (χ1) is 12.9. The Balaban J connectivity index is 2.06. The minimum absolute atomic E-state index is 0.112. The van der Waals surface area contributed by atoms with Gasteiger partial charge in [0.1, 0.15) is 5.76 Å². The van der Waals surface area contributed by atoms with Crippen LogP contribution in [0.1, 0.15) is 28.7 Å². The third-order valence-corrected chi connectivity index (χ3v) is 4.82. The van der Waals surface area contributed by atoms with Crippen LogP contribution in [-0.2, 0) is 17.0 Å². The fraction of sp³-hybridized carbons (Fsp3) is 0.333. The number of thioether (sulfide) groups is 1. The number of fused-ring (bicyclic) bond motifs is 1. The second kappa shape index (κ2) is 7.93. The van der Waals surface area contributed by atoms with E-state index >= 15 is 0 Å². The van der Waals surface area contributed by atoms with Gasteiger partial charge in [-0.3, -0.25) is 9.36 Å². The number of esters is 1. The average Bonchev–Trinajstić information content (AvgIpc) is 3.06. The van der Waals surface area contributed by atoms with Crippen molar-refractivity contribution in [2.24, 2.45) is 0 Å². The van der Waals surface area contributed by atoms with Crippen molar-refractivity contribution in [2.75, 3.05) is 7.11 Å². The summed E-state index contributed by atoms with van der Waals surface area (Å²) < 4.78 is 11.2. The van der Waals surface area contributed by atoms with E-state index in [0.29, 0.717) is 33.1 Å². The van der Waals surface area contributed by atoms with Crippen LogP contribution in [0.15, 0.2) is 38.7 Å². The Morgan fingerprint density at radius 2 is 2.19 bits per heavy atom. The zero-order chi connectivity index (χ0) is 19.6. The van der Waals surface area contributed by atoms with Gasteiger partial charge in [0.2, 0.25) is 0 Å². The second-order valence-corrected chi connectivity index (χ2v) is 7.04. The molecule has 2 aromatic heterocycles. The molecule has 1 aromatic carbocycles. The highest BCUT2D eigenvalue weighted by Crippen LogP contribution is 2.23. The largest absolute Gasteiger partial charge is 0.465 e. The van der Waals surface area contributed by atoms with Crippen molar-refractivity contribution in [3.05, 3.63) is 51.6 Å². The number of aliphatic hydroxyl groups is 1. The van der Waals surface area contributed by atoms with Gasteiger partial charge in [0.05, 0.1) is 41.9 Å². The monoisotopic (exact) mass is 389 g/mol. The predicted octanol–water partition coefficient (Wildman–Crippen LogP) is 2.15. The summed E-state index contributed by atoms with van der Waals surface area (Å²) >= 11 is 1.31. The van der Waals surface area contributed by atoms with E-state index in [2.05, 4.69) is 10.1 Å². The number of methoxy groups -OCH3 is 1. The van der Waals surface area contributed by atoms with E-state index in [-0.39, 0.29) is 12.1 Å². The van der Waals surface area contributed by atoms with Crippen LogP contribution in [0.4, 0.5) is 0 Å². The van der Waals surface area contributed by atoms with Gasteiger partial charge in [-0.2, -0.15) is 0 Å². The van der Waals surface area contributed by atoms with Crippen molar-refractivity contribution in [2.45, 2.75) is 37.4 Å². The number of nitrogens with zero attached hydrogens (tertiary/aromatic N) is 3. The lowest BCUT2D eigenvalue weighted by molar-refractivity contribution is 0.0601. The summed E-state index contributed by atoms with van der Waals surface area (Å²) in [4.78, 5) is 29.2. The first kappa shape index (κ1) is 19.1. The molecule has 0 aliphatic carbocycles. The summed E-state index contributed by atoms with van der Waals surface area (Å²) in [6, 6.07) is 6.40. The summed E-state index contributed by atoms with van der Waals surface area (Å²) in [6.45, 7) is 3.51. The Morgan fingerprint density at radius 1 is 1.41 bits per heavy atom. The molecule has 8 nitrogen and oxygen atoms in total. The van der Waals surface area contributed by atoms with E-state index in [9.17, 15) is 14.7 Å². The number of benzene rings is 1. The highest BCUT2D eigenvalue weighted by molar-refractivity contribution is 7.98. The molecule has 3 rings (SSSR count). The number of aromatic nitrogens is 3. The van der Waals surface area contributed by atoms with Gasteiger partial charge in [-0.05, 0) is 32.0 Å². The molecule has 0 saturated carbocycles. The van der Waals surface area contributed by atoms with Crippen molar-refractivity contribution in [3.8, 4) is 0 Å². The maximum Gasteiger partial charge on any atom is 0.337 e. The van der Waals surface area contributed by atoms with Crippen LogP contribution in [0.5, 0.6) is 0 Å². The molecule has 0 saturated heterocycles. The van der Waals surface area contributed by atoms with Gasteiger partial charge >= 0.3 is 5.97 Å². The van der Waals surface area contributed by atoms with Crippen molar-refractivity contribution in [1.29, 1.82) is 0 Å². The zero-order valence-electron chi connectivity index (χ0n) is 15.1. The number of ether oxygens (including phenoxy) is 1. The number of aliphatic hydroxyl groups excluding tert-OH is 1. The first-order valence-corrected chi connectivity index (χ1v) is 9.23. The molecule has 0 bridgehead atoms. The van der Waals surface area contributed by atoms with Gasteiger partial charge in [-0.25, -0.2) is 9.78 Å². The topological polar surface area (TPSA) is 107 Å². The lowest BCUT2D eigenvalue weighted by Crippen LogP contribution is -2.28. The Labute approximate surface area is 159 Å². The third kappa shape index (κ3) is 4.20. The van der Waals surface area contributed by atoms with Crippen LogP contribution >= 0.6 is 11.8 Å². The van der Waals surface area contributed by atoms with Gasteiger partial charge in [0.15, 0.2) is 5.16 Å². The standard InChI is InChI=1S/C18H19N3O5S/c1-10(22)8-21-16(23)14-5-4-12(17(24)25-3)7-15(14)19-18(21)27-9-13-6-11(2)26-20-13/h4-7,10,22H,8-9H2,1-3H3/t10-/m0/s1. The van der Waals surface area contributed by atoms with Crippen molar-refractivity contribution in [1.82, 2.24) is 14.7 Å². The van der Waals surface area contributed by atoms with Gasteiger partial charge < -0.3 is 14.4 Å². The van der Waals surface area contributed by atoms with Crippen LogP contribution in [-0.4, -0.2) is 39.0 Å². The average molecular weight is 389 g/mol. The highest BCUT2D eigenvalue weighted by atomic mass is 32.2. The summed E-state index contributed by atoms with van der Waals surface area (Å²) in [5.74, 6) is 0.645. The van der Waals surface area contributed by atoms with Crippen molar-refractivity contribution < 1.29 is 19.2 Å². The molecule has 0 unspecified atom stereocenters. The number of hydrogen-bond acceptors (Lipinski definition) is 8. The molecular weight excluding hydrogens is 370 g/mol. The SMILES string of the molecule is COC(=O)c1ccc2c(=O)n(C[C@H](C)O)c(SCc3cc(C)on3)nc2c1. The minimum atomic E-state index is -0.718. The second-order valence-electron chi connectivity index (χ2n) is 6.10. The van der Waals surface area contributed by atoms with Crippen LogP contribution in [0, 0.1) is 6.92 Å². The molecule has 0 spiro atoms. The molecular formula is C18H19N3O5S. The van der Waals surface area contributed by atoms with Crippen LogP contribution in [0.2, 0.25) is 0 Å². The van der Waals surface area contributed by atoms with E-state index in [1.165, 1.54) is 35.6 Å². The molecule has 9 heteroatoms. The van der Waals surface area contributed by atoms with E-state index < -0.39 is 12.1 Å². The van der Waals surface area contributed by atoms with E-state index in [0.717, 1.165) is 5.69 Å². The fourth-order valence-electron chi connectivity index (χ4n) is 2.61. The van der Waals surface area contributed by atoms with Gasteiger partial charge in [-0.1, -0.05) is 16.9 Å². The van der Waals surface area contributed by atoms with Crippen LogP contribution in [0.25, 0.3) is 10.9 Å². The number of hydrogen-bond donors (Lipinski definition) is 1. The maximum atomic E-state index is 12.9. The predicted molar refractivity (Wildman–Crippen MR) is 99.8 cm³/mol. The Kier molecular flexibility index (Phi) is 5.62. The van der Waals surface area contributed by atoms with Crippen LogP contribution < -0.4 is 5.56 Å². The molecule has 142 valence electrons. The maximum absolute atomic E-state index is 12.9. The number of carbonyl (C=O) groups is 1. The fourth-order valence-corrected chi connectivity index (χ4v) is 3.49. The summed E-state index contributed by atoms with van der Waals surface area (Å²) in [6.07, 6.45) is -0.718. The van der Waals surface area contributed by atoms with E-state index in [1.54, 1.807) is 26.0 Å². The van der Waals surface area contributed by atoms with E-state index in [1.807, 2.05) is 0 Å². The molecule has 3 aromatic rings. The van der Waals surface area contributed by atoms with Crippen LogP contribution in [0.3, 0.4) is 0 Å². The molecule has 0 aliphatic heterocycles.